The van der Waals surface area contributed by atoms with Crippen LogP contribution in [-0.4, -0.2) is 4.57 Å². The lowest BCUT2D eigenvalue weighted by Crippen LogP contribution is -1.95. The van der Waals surface area contributed by atoms with Gasteiger partial charge < -0.3 is 10.7 Å². The summed E-state index contributed by atoms with van der Waals surface area (Å²) >= 11 is 0. The van der Waals surface area contributed by atoms with Gasteiger partial charge in [0, 0.05) is 18.9 Å². The zero-order valence-electron chi connectivity index (χ0n) is 12.8. The minimum Gasteiger partial charge on any atom is -0.349 e. The molecule has 0 aliphatic heterocycles. The van der Waals surface area contributed by atoms with Crippen molar-refractivity contribution in [2.24, 2.45) is 0 Å². The lowest BCUT2D eigenvalue weighted by atomic mass is 10.1. The first-order valence-corrected chi connectivity index (χ1v) is 7.05. The lowest BCUT2D eigenvalue weighted by molar-refractivity contribution is 0.800. The topological polar surface area (TPSA) is 39.9 Å². The third kappa shape index (κ3) is 4.92. The number of hydrogen-bond acceptors (Lipinski definition) is 1. The van der Waals surface area contributed by atoms with Gasteiger partial charge in [-0.1, -0.05) is 58.0 Å². The van der Waals surface area contributed by atoms with E-state index in [1.165, 1.54) is 16.7 Å². The van der Waals surface area contributed by atoms with E-state index in [0.29, 0.717) is 0 Å². The van der Waals surface area contributed by atoms with E-state index in [0.717, 1.165) is 19.4 Å². The predicted octanol–water partition coefficient (Wildman–Crippen LogP) is 4.85. The van der Waals surface area contributed by atoms with Crippen LogP contribution >= 0.6 is 0 Å². The molecule has 1 aromatic carbocycles. The Morgan fingerprint density at radius 1 is 0.842 bits per heavy atom. The van der Waals surface area contributed by atoms with Crippen LogP contribution in [0.25, 0.3) is 0 Å². The van der Waals surface area contributed by atoms with Gasteiger partial charge in [0.05, 0.1) is 0 Å². The highest BCUT2D eigenvalue weighted by molar-refractivity contribution is 5.25. The molecule has 2 aromatic rings. The average Bonchev–Trinajstić information content (AvgIpc) is 2.84. The van der Waals surface area contributed by atoms with Crippen molar-refractivity contribution >= 4 is 0 Å². The summed E-state index contributed by atoms with van der Waals surface area (Å²) in [7, 11) is 0. The lowest BCUT2D eigenvalue weighted by Gasteiger charge is -2.02. The first-order valence-electron chi connectivity index (χ1n) is 7.05. The van der Waals surface area contributed by atoms with Crippen LogP contribution in [0.2, 0.25) is 0 Å². The van der Waals surface area contributed by atoms with Crippen LogP contribution < -0.4 is 6.15 Å². The van der Waals surface area contributed by atoms with Gasteiger partial charge >= 0.3 is 0 Å². The van der Waals surface area contributed by atoms with Gasteiger partial charge in [0.1, 0.15) is 0 Å². The first kappa shape index (κ1) is 17.5. The number of aryl methyl sites for hydroxylation is 2. The van der Waals surface area contributed by atoms with E-state index >= 15 is 0 Å². The first-order chi connectivity index (χ1) is 8.83. The Kier molecular flexibility index (Phi) is 8.64. The molecule has 0 amide bonds. The summed E-state index contributed by atoms with van der Waals surface area (Å²) in [6.07, 6.45) is 6.83. The molecule has 0 saturated heterocycles. The van der Waals surface area contributed by atoms with E-state index in [1.807, 2.05) is 13.8 Å². The highest BCUT2D eigenvalue weighted by atomic mass is 14.9. The van der Waals surface area contributed by atoms with Gasteiger partial charge in [0.15, 0.2) is 0 Å². The van der Waals surface area contributed by atoms with Gasteiger partial charge in [-0.05, 0) is 29.5 Å². The molecule has 1 heterocycles. The van der Waals surface area contributed by atoms with Crippen molar-refractivity contribution in [3.8, 4) is 0 Å². The highest BCUT2D eigenvalue weighted by Gasteiger charge is 2.03. The van der Waals surface area contributed by atoms with Crippen LogP contribution in [0.5, 0.6) is 0 Å². The van der Waals surface area contributed by atoms with Crippen LogP contribution in [0.15, 0.2) is 42.7 Å². The molecule has 0 aliphatic rings. The summed E-state index contributed by atoms with van der Waals surface area (Å²) in [6.45, 7) is 9.43. The average molecular weight is 260 g/mol. The van der Waals surface area contributed by atoms with Crippen LogP contribution in [0, 0.1) is 0 Å². The summed E-state index contributed by atoms with van der Waals surface area (Å²) in [5.74, 6) is 0. The molecule has 0 saturated carbocycles. The van der Waals surface area contributed by atoms with Crippen LogP contribution in [0.3, 0.4) is 0 Å². The van der Waals surface area contributed by atoms with Gasteiger partial charge in [0.2, 0.25) is 0 Å². The summed E-state index contributed by atoms with van der Waals surface area (Å²) < 4.78 is 2.30. The monoisotopic (exact) mass is 260 g/mol. The molecule has 3 N–H and O–H groups in total. The maximum atomic E-state index is 2.30. The van der Waals surface area contributed by atoms with Crippen molar-refractivity contribution in [1.29, 1.82) is 0 Å². The molecule has 2 heteroatoms. The van der Waals surface area contributed by atoms with Gasteiger partial charge in [-0.15, -0.1) is 0 Å². The van der Waals surface area contributed by atoms with Crippen molar-refractivity contribution < 1.29 is 0 Å². The Morgan fingerprint density at radius 3 is 1.74 bits per heavy atom. The van der Waals surface area contributed by atoms with Crippen molar-refractivity contribution in [1.82, 2.24) is 10.7 Å². The maximum absolute atomic E-state index is 2.30. The van der Waals surface area contributed by atoms with Gasteiger partial charge in [0.25, 0.3) is 0 Å². The number of nitrogens with zero attached hydrogens (tertiary/aromatic N) is 1. The normalized spacial score (nSPS) is 9.26. The molecule has 2 rings (SSSR count). The zero-order valence-corrected chi connectivity index (χ0v) is 12.8. The molecule has 1 aromatic heterocycles. The molecular formula is C17H28N2. The summed E-state index contributed by atoms with van der Waals surface area (Å²) in [5.41, 5.74) is 4.33. The summed E-state index contributed by atoms with van der Waals surface area (Å²) in [6, 6.07) is 10.6. The largest absolute Gasteiger partial charge is 0.349 e. The van der Waals surface area contributed by atoms with E-state index in [2.05, 4.69) is 61.1 Å². The Labute approximate surface area is 118 Å². The molecule has 0 radical (unpaired) electrons. The Morgan fingerprint density at radius 2 is 1.32 bits per heavy atom. The van der Waals surface area contributed by atoms with E-state index in [9.17, 15) is 0 Å². The van der Waals surface area contributed by atoms with E-state index < -0.39 is 0 Å². The molecule has 0 aliphatic carbocycles. The molecule has 106 valence electrons. The van der Waals surface area contributed by atoms with Crippen molar-refractivity contribution in [2.75, 3.05) is 0 Å². The summed E-state index contributed by atoms with van der Waals surface area (Å²) in [5, 5.41) is 0. The second kappa shape index (κ2) is 9.40. The SMILES string of the molecule is CC.CCc1cn(Cc2ccccc2)cc1CC.N. The highest BCUT2D eigenvalue weighted by Crippen LogP contribution is 2.14. The second-order valence-electron chi connectivity index (χ2n) is 4.17. The maximum Gasteiger partial charge on any atom is 0.0470 e. The predicted molar refractivity (Wildman–Crippen MR) is 85.1 cm³/mol. The quantitative estimate of drug-likeness (QED) is 0.838. The molecule has 19 heavy (non-hydrogen) atoms. The van der Waals surface area contributed by atoms with Crippen LogP contribution in [0.4, 0.5) is 0 Å². The Bertz CT molecular complexity index is 422. The number of rotatable bonds is 4. The van der Waals surface area contributed by atoms with Crippen molar-refractivity contribution in [3.05, 3.63) is 59.4 Å². The minimum absolute atomic E-state index is 0. The minimum atomic E-state index is 0. The Balaban J connectivity index is 0.00000103. The molecule has 0 atom stereocenters. The summed E-state index contributed by atoms with van der Waals surface area (Å²) in [4.78, 5) is 0. The standard InChI is InChI=1S/C15H19N.C2H6.H3N/c1-3-14-11-16(12-15(14)4-2)10-13-8-6-5-7-9-13;1-2;/h5-9,11-12H,3-4,10H2,1-2H3;1-2H3;1H3. The van der Waals surface area contributed by atoms with E-state index in [1.54, 1.807) is 0 Å². The van der Waals surface area contributed by atoms with Crippen molar-refractivity contribution in [2.45, 2.75) is 47.1 Å². The van der Waals surface area contributed by atoms with E-state index in [-0.39, 0.29) is 6.15 Å². The fourth-order valence-electron chi connectivity index (χ4n) is 2.13. The smallest absolute Gasteiger partial charge is 0.0470 e. The Hall–Kier alpha value is -1.54. The van der Waals surface area contributed by atoms with Crippen molar-refractivity contribution in [3.63, 3.8) is 0 Å². The zero-order chi connectivity index (χ0) is 13.4. The van der Waals surface area contributed by atoms with Gasteiger partial charge in [-0.2, -0.15) is 0 Å². The van der Waals surface area contributed by atoms with Gasteiger partial charge in [-0.25, -0.2) is 0 Å². The fourth-order valence-corrected chi connectivity index (χ4v) is 2.13. The molecule has 0 spiro atoms. The number of hydrogen-bond donors (Lipinski definition) is 1. The molecule has 0 bridgehead atoms. The number of benzene rings is 1. The number of aromatic nitrogens is 1. The third-order valence-electron chi connectivity index (χ3n) is 3.03. The molecule has 0 fully saturated rings. The van der Waals surface area contributed by atoms with Crippen LogP contribution in [0.1, 0.15) is 44.4 Å². The molecular weight excluding hydrogens is 232 g/mol. The second-order valence-corrected chi connectivity index (χ2v) is 4.17. The molecule has 2 nitrogen and oxygen atoms in total. The van der Waals surface area contributed by atoms with Gasteiger partial charge in [-0.3, -0.25) is 0 Å². The van der Waals surface area contributed by atoms with Crippen LogP contribution in [-0.2, 0) is 19.4 Å². The third-order valence-corrected chi connectivity index (χ3v) is 3.03. The molecule has 0 unspecified atom stereocenters. The fraction of sp³-hybridized carbons (Fsp3) is 0.412. The van der Waals surface area contributed by atoms with E-state index in [4.69, 9.17) is 0 Å².